The number of aryl methyl sites for hydroxylation is 3. The van der Waals surface area contributed by atoms with E-state index in [-0.39, 0.29) is 6.04 Å². The molecule has 0 fully saturated rings. The van der Waals surface area contributed by atoms with Crippen LogP contribution < -0.4 is 5.32 Å². The van der Waals surface area contributed by atoms with E-state index in [2.05, 4.69) is 75.1 Å². The lowest BCUT2D eigenvalue weighted by Crippen LogP contribution is -2.12. The predicted molar refractivity (Wildman–Crippen MR) is 92.3 cm³/mol. The van der Waals surface area contributed by atoms with Crippen molar-refractivity contribution >= 4 is 37.5 Å². The molecular weight excluding hydrogens is 380 g/mol. The van der Waals surface area contributed by atoms with Crippen molar-refractivity contribution in [1.29, 1.82) is 0 Å². The second kappa shape index (κ2) is 6.27. The van der Waals surface area contributed by atoms with Crippen LogP contribution in [0.15, 0.2) is 33.2 Å². The predicted octanol–water partition coefficient (Wildman–Crippen LogP) is 5.70. The van der Waals surface area contributed by atoms with E-state index in [1.165, 1.54) is 11.1 Å². The zero-order valence-corrected chi connectivity index (χ0v) is 15.3. The number of benzene rings is 1. The highest BCUT2D eigenvalue weighted by Crippen LogP contribution is 2.31. The first kappa shape index (κ1) is 15.5. The van der Waals surface area contributed by atoms with E-state index >= 15 is 0 Å². The van der Waals surface area contributed by atoms with Crippen molar-refractivity contribution < 1.29 is 0 Å². The molecule has 1 aromatic heterocycles. The molecular formula is C16H18Br2N2. The van der Waals surface area contributed by atoms with Gasteiger partial charge < -0.3 is 5.32 Å². The average molecular weight is 398 g/mol. The summed E-state index contributed by atoms with van der Waals surface area (Å²) >= 11 is 7.06. The SMILES string of the molecule is Cc1cc(C)c(C(C)Nc2ccc(Br)cc2Br)c(C)n1. The van der Waals surface area contributed by atoms with Crippen LogP contribution in [-0.4, -0.2) is 4.98 Å². The molecule has 0 saturated heterocycles. The van der Waals surface area contributed by atoms with E-state index in [0.29, 0.717) is 0 Å². The number of pyridine rings is 1. The van der Waals surface area contributed by atoms with E-state index in [4.69, 9.17) is 0 Å². The average Bonchev–Trinajstić information content (AvgIpc) is 2.31. The standard InChI is InChI=1S/C16H18Br2N2/c1-9-7-10(2)19-11(3)16(9)12(4)20-15-6-5-13(17)8-14(15)18/h5-8,12,20H,1-4H3. The van der Waals surface area contributed by atoms with E-state index < -0.39 is 0 Å². The summed E-state index contributed by atoms with van der Waals surface area (Å²) in [4.78, 5) is 4.57. The minimum absolute atomic E-state index is 0.209. The number of halogens is 2. The molecule has 1 atom stereocenters. The van der Waals surface area contributed by atoms with Gasteiger partial charge in [-0.15, -0.1) is 0 Å². The highest BCUT2D eigenvalue weighted by atomic mass is 79.9. The summed E-state index contributed by atoms with van der Waals surface area (Å²) in [6, 6.07) is 8.49. The van der Waals surface area contributed by atoms with Crippen LogP contribution in [0.3, 0.4) is 0 Å². The summed E-state index contributed by atoms with van der Waals surface area (Å²) in [5.41, 5.74) is 5.80. The van der Waals surface area contributed by atoms with Crippen molar-refractivity contribution in [3.8, 4) is 0 Å². The number of aromatic nitrogens is 1. The molecule has 0 aliphatic carbocycles. The van der Waals surface area contributed by atoms with Crippen LogP contribution in [0.2, 0.25) is 0 Å². The van der Waals surface area contributed by atoms with Crippen LogP contribution in [0, 0.1) is 20.8 Å². The lowest BCUT2D eigenvalue weighted by atomic mass is 10.00. The molecule has 0 aliphatic rings. The van der Waals surface area contributed by atoms with Crippen molar-refractivity contribution in [2.45, 2.75) is 33.7 Å². The second-order valence-corrected chi connectivity index (χ2v) is 6.84. The Hall–Kier alpha value is -0.870. The highest BCUT2D eigenvalue weighted by molar-refractivity contribution is 9.11. The van der Waals surface area contributed by atoms with Gasteiger partial charge in [0.2, 0.25) is 0 Å². The van der Waals surface area contributed by atoms with Gasteiger partial charge in [0, 0.05) is 26.0 Å². The Morgan fingerprint density at radius 3 is 2.40 bits per heavy atom. The number of rotatable bonds is 3. The van der Waals surface area contributed by atoms with E-state index in [1.807, 2.05) is 19.1 Å². The van der Waals surface area contributed by atoms with Gasteiger partial charge in [0.1, 0.15) is 0 Å². The minimum Gasteiger partial charge on any atom is -0.378 e. The van der Waals surface area contributed by atoms with E-state index in [0.717, 1.165) is 26.0 Å². The van der Waals surface area contributed by atoms with Gasteiger partial charge in [-0.25, -0.2) is 0 Å². The van der Waals surface area contributed by atoms with E-state index in [9.17, 15) is 0 Å². The molecule has 0 aliphatic heterocycles. The Morgan fingerprint density at radius 1 is 1.10 bits per heavy atom. The molecule has 0 bridgehead atoms. The summed E-state index contributed by atoms with van der Waals surface area (Å²) in [6.45, 7) is 8.42. The van der Waals surface area contributed by atoms with Gasteiger partial charge in [0.05, 0.1) is 6.04 Å². The normalized spacial score (nSPS) is 12.3. The maximum absolute atomic E-state index is 4.57. The van der Waals surface area contributed by atoms with Crippen LogP contribution >= 0.6 is 31.9 Å². The van der Waals surface area contributed by atoms with E-state index in [1.54, 1.807) is 0 Å². The maximum Gasteiger partial charge on any atom is 0.0506 e. The third-order valence-corrected chi connectivity index (χ3v) is 4.47. The van der Waals surface area contributed by atoms with Crippen molar-refractivity contribution in [3.63, 3.8) is 0 Å². The monoisotopic (exact) mass is 396 g/mol. The summed E-state index contributed by atoms with van der Waals surface area (Å²) in [7, 11) is 0. The molecule has 106 valence electrons. The van der Waals surface area contributed by atoms with Crippen molar-refractivity contribution in [1.82, 2.24) is 4.98 Å². The first-order valence-corrected chi connectivity index (χ1v) is 8.13. The van der Waals surface area contributed by atoms with Crippen LogP contribution in [-0.2, 0) is 0 Å². The molecule has 2 nitrogen and oxygen atoms in total. The Kier molecular flexibility index (Phi) is 4.86. The summed E-state index contributed by atoms with van der Waals surface area (Å²) in [5, 5.41) is 3.55. The Morgan fingerprint density at radius 2 is 1.80 bits per heavy atom. The fourth-order valence-electron chi connectivity index (χ4n) is 2.60. The molecule has 2 rings (SSSR count). The zero-order chi connectivity index (χ0) is 14.9. The molecule has 1 unspecified atom stereocenters. The molecule has 4 heteroatoms. The molecule has 20 heavy (non-hydrogen) atoms. The molecule has 0 radical (unpaired) electrons. The fourth-order valence-corrected chi connectivity index (χ4v) is 3.76. The van der Waals surface area contributed by atoms with Gasteiger partial charge in [0.15, 0.2) is 0 Å². The third-order valence-electron chi connectivity index (χ3n) is 3.32. The van der Waals surface area contributed by atoms with Gasteiger partial charge >= 0.3 is 0 Å². The molecule has 1 heterocycles. The van der Waals surface area contributed by atoms with Crippen LogP contribution in [0.25, 0.3) is 0 Å². The first-order valence-electron chi connectivity index (χ1n) is 6.55. The summed E-state index contributed by atoms with van der Waals surface area (Å²) < 4.78 is 2.11. The quantitative estimate of drug-likeness (QED) is 0.717. The number of anilines is 1. The molecule has 1 N–H and O–H groups in total. The Labute approximate surface area is 137 Å². The van der Waals surface area contributed by atoms with Crippen molar-refractivity contribution in [2.75, 3.05) is 5.32 Å². The number of hydrogen-bond acceptors (Lipinski definition) is 2. The van der Waals surface area contributed by atoms with Gasteiger partial charge in [-0.3, -0.25) is 4.98 Å². The summed E-state index contributed by atoms with van der Waals surface area (Å²) in [6.07, 6.45) is 0. The lowest BCUT2D eigenvalue weighted by molar-refractivity contribution is 0.842. The minimum atomic E-state index is 0.209. The molecule has 0 saturated carbocycles. The van der Waals surface area contributed by atoms with Crippen molar-refractivity contribution in [2.24, 2.45) is 0 Å². The molecule has 0 spiro atoms. The maximum atomic E-state index is 4.57. The molecule has 1 aromatic carbocycles. The van der Waals surface area contributed by atoms with Crippen LogP contribution in [0.1, 0.15) is 35.5 Å². The molecule has 2 aromatic rings. The number of nitrogens with one attached hydrogen (secondary N) is 1. The zero-order valence-electron chi connectivity index (χ0n) is 12.1. The van der Waals surface area contributed by atoms with Crippen molar-refractivity contribution in [3.05, 3.63) is 55.7 Å². The number of nitrogens with zero attached hydrogens (tertiary/aromatic N) is 1. The third kappa shape index (κ3) is 3.41. The lowest BCUT2D eigenvalue weighted by Gasteiger charge is -2.21. The fraction of sp³-hybridized carbons (Fsp3) is 0.312. The van der Waals surface area contributed by atoms with Gasteiger partial charge in [-0.1, -0.05) is 15.9 Å². The topological polar surface area (TPSA) is 24.9 Å². The Bertz CT molecular complexity index is 615. The van der Waals surface area contributed by atoms with Crippen LogP contribution in [0.4, 0.5) is 5.69 Å². The second-order valence-electron chi connectivity index (χ2n) is 5.07. The van der Waals surface area contributed by atoms with Gasteiger partial charge in [-0.2, -0.15) is 0 Å². The summed E-state index contributed by atoms with van der Waals surface area (Å²) in [5.74, 6) is 0. The molecule has 0 amide bonds. The smallest absolute Gasteiger partial charge is 0.0506 e. The first-order chi connectivity index (χ1) is 9.38. The Balaban J connectivity index is 2.31. The highest BCUT2D eigenvalue weighted by Gasteiger charge is 2.14. The van der Waals surface area contributed by atoms with Crippen LogP contribution in [0.5, 0.6) is 0 Å². The number of hydrogen-bond donors (Lipinski definition) is 1. The van der Waals surface area contributed by atoms with Gasteiger partial charge in [0.25, 0.3) is 0 Å². The van der Waals surface area contributed by atoms with Gasteiger partial charge in [-0.05, 0) is 79.0 Å². The largest absolute Gasteiger partial charge is 0.378 e.